The van der Waals surface area contributed by atoms with Gasteiger partial charge in [0.2, 0.25) is 0 Å². The molecule has 0 aromatic carbocycles. The highest BCUT2D eigenvalue weighted by Gasteiger charge is 2.26. The van der Waals surface area contributed by atoms with Gasteiger partial charge in [0.25, 0.3) is 0 Å². The third-order valence-corrected chi connectivity index (χ3v) is 5.33. The summed E-state index contributed by atoms with van der Waals surface area (Å²) in [6.45, 7) is 5.64. The third kappa shape index (κ3) is 4.59. The highest BCUT2D eigenvalue weighted by atomic mass is 16.5. The second kappa shape index (κ2) is 8.16. The molecule has 2 amide bonds. The molecular weight excluding hydrogens is 278 g/mol. The van der Waals surface area contributed by atoms with E-state index in [4.69, 9.17) is 4.74 Å². The summed E-state index contributed by atoms with van der Waals surface area (Å²) in [5.74, 6) is 0. The van der Waals surface area contributed by atoms with E-state index in [0.29, 0.717) is 12.1 Å². The highest BCUT2D eigenvalue weighted by molar-refractivity contribution is 5.74. The summed E-state index contributed by atoms with van der Waals surface area (Å²) in [6, 6.07) is 0.559. The van der Waals surface area contributed by atoms with Gasteiger partial charge in [0, 0.05) is 45.4 Å². The Labute approximate surface area is 134 Å². The van der Waals surface area contributed by atoms with E-state index in [1.807, 2.05) is 4.90 Å². The van der Waals surface area contributed by atoms with Gasteiger partial charge in [-0.15, -0.1) is 0 Å². The molecule has 0 aromatic rings. The number of hydrogen-bond donors (Lipinski definition) is 1. The van der Waals surface area contributed by atoms with Crippen LogP contribution in [-0.2, 0) is 4.74 Å². The summed E-state index contributed by atoms with van der Waals surface area (Å²) in [7, 11) is 0. The predicted octanol–water partition coefficient (Wildman–Crippen LogP) is 2.22. The van der Waals surface area contributed by atoms with Crippen LogP contribution in [0.4, 0.5) is 4.79 Å². The maximum Gasteiger partial charge on any atom is 0.317 e. The molecule has 1 unspecified atom stereocenters. The first-order chi connectivity index (χ1) is 10.8. The van der Waals surface area contributed by atoms with Crippen molar-refractivity contribution < 1.29 is 9.53 Å². The SMILES string of the molecule is O=C(NC1CCCCCC1)N1CCN(CC2CCCO2)CC1. The number of urea groups is 1. The highest BCUT2D eigenvalue weighted by Crippen LogP contribution is 2.18. The van der Waals surface area contributed by atoms with Gasteiger partial charge in [0.15, 0.2) is 0 Å². The Hall–Kier alpha value is -0.810. The molecule has 1 aliphatic carbocycles. The number of nitrogens with zero attached hydrogens (tertiary/aromatic N) is 2. The lowest BCUT2D eigenvalue weighted by Crippen LogP contribution is -2.54. The molecule has 1 N–H and O–H groups in total. The molecule has 3 aliphatic rings. The molecule has 1 saturated carbocycles. The largest absolute Gasteiger partial charge is 0.377 e. The smallest absolute Gasteiger partial charge is 0.317 e. The number of rotatable bonds is 3. The van der Waals surface area contributed by atoms with Crippen molar-refractivity contribution in [1.29, 1.82) is 0 Å². The van der Waals surface area contributed by atoms with Gasteiger partial charge in [-0.3, -0.25) is 4.90 Å². The normalized spacial score (nSPS) is 28.5. The first-order valence-electron chi connectivity index (χ1n) is 9.20. The fourth-order valence-corrected chi connectivity index (χ4v) is 3.90. The zero-order valence-electron chi connectivity index (χ0n) is 13.8. The van der Waals surface area contributed by atoms with E-state index in [1.54, 1.807) is 0 Å². The first-order valence-corrected chi connectivity index (χ1v) is 9.20. The maximum absolute atomic E-state index is 12.4. The predicted molar refractivity (Wildman–Crippen MR) is 87.0 cm³/mol. The lowest BCUT2D eigenvalue weighted by atomic mass is 10.1. The van der Waals surface area contributed by atoms with Crippen molar-refractivity contribution in [2.75, 3.05) is 39.3 Å². The lowest BCUT2D eigenvalue weighted by Gasteiger charge is -2.36. The summed E-state index contributed by atoms with van der Waals surface area (Å²) in [6.07, 6.45) is 10.3. The fraction of sp³-hybridized carbons (Fsp3) is 0.941. The van der Waals surface area contributed by atoms with E-state index in [1.165, 1.54) is 38.5 Å². The number of ether oxygens (including phenoxy) is 1. The molecule has 2 heterocycles. The minimum atomic E-state index is 0.156. The van der Waals surface area contributed by atoms with Crippen molar-refractivity contribution in [2.24, 2.45) is 0 Å². The Morgan fingerprint density at radius 1 is 0.955 bits per heavy atom. The summed E-state index contributed by atoms with van der Waals surface area (Å²) in [5, 5.41) is 3.26. The second-order valence-electron chi connectivity index (χ2n) is 7.06. The van der Waals surface area contributed by atoms with Crippen LogP contribution in [0.2, 0.25) is 0 Å². The van der Waals surface area contributed by atoms with Crippen molar-refractivity contribution in [3.8, 4) is 0 Å². The zero-order chi connectivity index (χ0) is 15.2. The Morgan fingerprint density at radius 3 is 2.32 bits per heavy atom. The summed E-state index contributed by atoms with van der Waals surface area (Å²) < 4.78 is 5.71. The molecule has 1 atom stereocenters. The summed E-state index contributed by atoms with van der Waals surface area (Å²) in [5.41, 5.74) is 0. The molecule has 3 fully saturated rings. The van der Waals surface area contributed by atoms with Crippen LogP contribution in [0.3, 0.4) is 0 Å². The molecule has 3 rings (SSSR count). The Morgan fingerprint density at radius 2 is 1.68 bits per heavy atom. The van der Waals surface area contributed by atoms with Gasteiger partial charge in [0.1, 0.15) is 0 Å². The van der Waals surface area contributed by atoms with Gasteiger partial charge in [0.05, 0.1) is 6.10 Å². The Bertz CT molecular complexity index is 342. The van der Waals surface area contributed by atoms with Crippen LogP contribution in [0, 0.1) is 0 Å². The minimum Gasteiger partial charge on any atom is -0.377 e. The van der Waals surface area contributed by atoms with E-state index in [-0.39, 0.29) is 6.03 Å². The minimum absolute atomic E-state index is 0.156. The van der Waals surface area contributed by atoms with E-state index in [2.05, 4.69) is 10.2 Å². The average molecular weight is 309 g/mol. The molecule has 0 aromatic heterocycles. The molecular formula is C17H31N3O2. The number of carbonyl (C=O) groups is 1. The van der Waals surface area contributed by atoms with E-state index in [9.17, 15) is 4.79 Å². The van der Waals surface area contributed by atoms with Crippen LogP contribution in [-0.4, -0.2) is 67.3 Å². The van der Waals surface area contributed by atoms with E-state index >= 15 is 0 Å². The number of nitrogens with one attached hydrogen (secondary N) is 1. The van der Waals surface area contributed by atoms with Gasteiger partial charge in [-0.05, 0) is 25.7 Å². The second-order valence-corrected chi connectivity index (χ2v) is 7.06. The molecule has 0 bridgehead atoms. The van der Waals surface area contributed by atoms with Crippen molar-refractivity contribution in [3.63, 3.8) is 0 Å². The molecule has 2 saturated heterocycles. The maximum atomic E-state index is 12.4. The van der Waals surface area contributed by atoms with Crippen LogP contribution in [0.25, 0.3) is 0 Å². The van der Waals surface area contributed by atoms with Crippen molar-refractivity contribution in [3.05, 3.63) is 0 Å². The van der Waals surface area contributed by atoms with Crippen LogP contribution >= 0.6 is 0 Å². The molecule has 2 aliphatic heterocycles. The molecule has 126 valence electrons. The van der Waals surface area contributed by atoms with Crippen molar-refractivity contribution in [1.82, 2.24) is 15.1 Å². The lowest BCUT2D eigenvalue weighted by molar-refractivity contribution is 0.0558. The molecule has 0 spiro atoms. The quantitative estimate of drug-likeness (QED) is 0.813. The summed E-state index contributed by atoms with van der Waals surface area (Å²) in [4.78, 5) is 16.8. The van der Waals surface area contributed by atoms with Gasteiger partial charge in [-0.1, -0.05) is 25.7 Å². The first kappa shape index (κ1) is 16.1. The van der Waals surface area contributed by atoms with Crippen LogP contribution in [0.15, 0.2) is 0 Å². The number of hydrogen-bond acceptors (Lipinski definition) is 3. The Kier molecular flexibility index (Phi) is 5.96. The number of piperazine rings is 1. The van der Waals surface area contributed by atoms with E-state index < -0.39 is 0 Å². The standard InChI is InChI=1S/C17H31N3O2/c21-17(18-15-6-3-1-2-4-7-15)20-11-9-19(10-12-20)14-16-8-5-13-22-16/h15-16H,1-14H2,(H,18,21). The zero-order valence-corrected chi connectivity index (χ0v) is 13.8. The topological polar surface area (TPSA) is 44.8 Å². The van der Waals surface area contributed by atoms with Gasteiger partial charge in [-0.25, -0.2) is 4.79 Å². The van der Waals surface area contributed by atoms with Gasteiger partial charge < -0.3 is 15.0 Å². The summed E-state index contributed by atoms with van der Waals surface area (Å²) >= 11 is 0. The molecule has 22 heavy (non-hydrogen) atoms. The van der Waals surface area contributed by atoms with Crippen LogP contribution in [0.5, 0.6) is 0 Å². The van der Waals surface area contributed by atoms with Crippen LogP contribution in [0.1, 0.15) is 51.4 Å². The Balaban J connectivity index is 1.37. The van der Waals surface area contributed by atoms with Gasteiger partial charge in [-0.2, -0.15) is 0 Å². The number of amides is 2. The van der Waals surface area contributed by atoms with E-state index in [0.717, 1.165) is 52.2 Å². The van der Waals surface area contributed by atoms with Crippen molar-refractivity contribution in [2.45, 2.75) is 63.5 Å². The monoisotopic (exact) mass is 309 g/mol. The van der Waals surface area contributed by atoms with Crippen LogP contribution < -0.4 is 5.32 Å². The van der Waals surface area contributed by atoms with Gasteiger partial charge >= 0.3 is 6.03 Å². The van der Waals surface area contributed by atoms with Crippen molar-refractivity contribution >= 4 is 6.03 Å². The third-order valence-electron chi connectivity index (χ3n) is 5.33. The number of carbonyl (C=O) groups excluding carboxylic acids is 1. The fourth-order valence-electron chi connectivity index (χ4n) is 3.90. The molecule has 0 radical (unpaired) electrons. The molecule has 5 heteroatoms. The average Bonchev–Trinajstić information content (AvgIpc) is 2.91. The molecule has 5 nitrogen and oxygen atoms in total.